The van der Waals surface area contributed by atoms with Crippen LogP contribution < -0.4 is 4.74 Å². The summed E-state index contributed by atoms with van der Waals surface area (Å²) in [6.45, 7) is 3.04. The van der Waals surface area contributed by atoms with Crippen molar-refractivity contribution in [1.82, 2.24) is 9.55 Å². The molecule has 0 aliphatic heterocycles. The van der Waals surface area contributed by atoms with Crippen molar-refractivity contribution in [1.29, 1.82) is 0 Å². The Morgan fingerprint density at radius 2 is 1.70 bits per heavy atom. The molecule has 4 nitrogen and oxygen atoms in total. The van der Waals surface area contributed by atoms with Crippen molar-refractivity contribution in [3.05, 3.63) is 54.1 Å². The Kier molecular flexibility index (Phi) is 7.03. The Balaban J connectivity index is 1.50. The van der Waals surface area contributed by atoms with Gasteiger partial charge in [-0.1, -0.05) is 51.2 Å². The summed E-state index contributed by atoms with van der Waals surface area (Å²) in [7, 11) is 1.99. The molecule has 0 spiro atoms. The zero-order valence-electron chi connectivity index (χ0n) is 16.4. The molecule has 0 fully saturated rings. The molecule has 0 radical (unpaired) electrons. The predicted molar refractivity (Wildman–Crippen MR) is 113 cm³/mol. The van der Waals surface area contributed by atoms with Crippen molar-refractivity contribution in [3.8, 4) is 5.75 Å². The Hall–Kier alpha value is -2.62. The molecule has 27 heavy (non-hydrogen) atoms. The number of imidazole rings is 1. The van der Waals surface area contributed by atoms with Gasteiger partial charge in [-0.15, -0.1) is 0 Å². The van der Waals surface area contributed by atoms with Crippen molar-refractivity contribution in [2.75, 3.05) is 6.61 Å². The first-order valence-electron chi connectivity index (χ1n) is 9.96. The molecule has 2 aromatic carbocycles. The van der Waals surface area contributed by atoms with Crippen LogP contribution >= 0.6 is 0 Å². The second-order valence-corrected chi connectivity index (χ2v) is 6.90. The molecule has 0 saturated heterocycles. The van der Waals surface area contributed by atoms with Crippen molar-refractivity contribution in [2.45, 2.75) is 45.4 Å². The molecule has 0 saturated carbocycles. The number of aryl methyl sites for hydroxylation is 1. The van der Waals surface area contributed by atoms with Gasteiger partial charge in [0.15, 0.2) is 0 Å². The summed E-state index contributed by atoms with van der Waals surface area (Å²) >= 11 is 0. The number of fused-ring (bicyclic) bond motifs is 1. The van der Waals surface area contributed by atoms with Crippen LogP contribution in [-0.4, -0.2) is 22.4 Å². The van der Waals surface area contributed by atoms with Crippen LogP contribution in [0.2, 0.25) is 0 Å². The molecule has 1 aromatic heterocycles. The monoisotopic (exact) mass is 363 g/mol. The van der Waals surface area contributed by atoms with Crippen molar-refractivity contribution >= 4 is 23.2 Å². The van der Waals surface area contributed by atoms with E-state index >= 15 is 0 Å². The maximum absolute atomic E-state index is 5.83. The van der Waals surface area contributed by atoms with Crippen LogP contribution in [0, 0.1) is 0 Å². The van der Waals surface area contributed by atoms with Gasteiger partial charge < -0.3 is 9.30 Å². The molecule has 0 N–H and O–H groups in total. The van der Waals surface area contributed by atoms with Gasteiger partial charge >= 0.3 is 0 Å². The number of rotatable bonds is 10. The molecular formula is C23H29N3O. The van der Waals surface area contributed by atoms with Gasteiger partial charge in [-0.25, -0.2) is 9.98 Å². The summed E-state index contributed by atoms with van der Waals surface area (Å²) in [5.74, 6) is 1.63. The van der Waals surface area contributed by atoms with E-state index in [0.717, 1.165) is 35.4 Å². The number of unbranched alkanes of at least 4 members (excludes halogenated alkanes) is 5. The molecule has 0 unspecified atom stereocenters. The van der Waals surface area contributed by atoms with Gasteiger partial charge in [0, 0.05) is 13.3 Å². The molecule has 142 valence electrons. The van der Waals surface area contributed by atoms with Crippen LogP contribution in [0.5, 0.6) is 5.75 Å². The largest absolute Gasteiger partial charge is 0.494 e. The SMILES string of the molecule is CCCCCCCCOc1ccc(/C=N\c2nc3ccccc3n2C)cc1. The van der Waals surface area contributed by atoms with Crippen molar-refractivity contribution in [3.63, 3.8) is 0 Å². The number of ether oxygens (including phenoxy) is 1. The predicted octanol–water partition coefficient (Wildman–Crippen LogP) is 6.06. The van der Waals surface area contributed by atoms with Crippen molar-refractivity contribution < 1.29 is 4.74 Å². The van der Waals surface area contributed by atoms with E-state index in [2.05, 4.69) is 23.0 Å². The quantitative estimate of drug-likeness (QED) is 0.324. The van der Waals surface area contributed by atoms with Crippen LogP contribution in [0.15, 0.2) is 53.5 Å². The topological polar surface area (TPSA) is 39.4 Å². The highest BCUT2D eigenvalue weighted by Crippen LogP contribution is 2.20. The Bertz CT molecular complexity index is 865. The van der Waals surface area contributed by atoms with E-state index in [1.54, 1.807) is 0 Å². The molecule has 0 amide bonds. The zero-order chi connectivity index (χ0) is 18.9. The summed E-state index contributed by atoms with van der Waals surface area (Å²) in [6, 6.07) is 16.1. The molecular weight excluding hydrogens is 334 g/mol. The van der Waals surface area contributed by atoms with Crippen LogP contribution in [0.1, 0.15) is 51.0 Å². The minimum atomic E-state index is 0.708. The van der Waals surface area contributed by atoms with Gasteiger partial charge in [-0.3, -0.25) is 0 Å². The van der Waals surface area contributed by atoms with E-state index in [0.29, 0.717) is 5.95 Å². The fourth-order valence-corrected chi connectivity index (χ4v) is 3.10. The Morgan fingerprint density at radius 3 is 2.48 bits per heavy atom. The second kappa shape index (κ2) is 9.91. The van der Waals surface area contributed by atoms with Gasteiger partial charge in [0.1, 0.15) is 5.75 Å². The van der Waals surface area contributed by atoms with Gasteiger partial charge in [-0.05, 0) is 48.4 Å². The fourth-order valence-electron chi connectivity index (χ4n) is 3.10. The Morgan fingerprint density at radius 1 is 0.963 bits per heavy atom. The van der Waals surface area contributed by atoms with E-state index in [4.69, 9.17) is 4.74 Å². The van der Waals surface area contributed by atoms with E-state index < -0.39 is 0 Å². The van der Waals surface area contributed by atoms with Crippen LogP contribution in [-0.2, 0) is 7.05 Å². The number of aliphatic imine (C=N–C) groups is 1. The number of hydrogen-bond acceptors (Lipinski definition) is 3. The Labute approximate surface area is 161 Å². The lowest BCUT2D eigenvalue weighted by Gasteiger charge is -2.06. The zero-order valence-corrected chi connectivity index (χ0v) is 16.4. The smallest absolute Gasteiger partial charge is 0.230 e. The maximum atomic E-state index is 5.83. The van der Waals surface area contributed by atoms with Gasteiger partial charge in [-0.2, -0.15) is 0 Å². The van der Waals surface area contributed by atoms with E-state index in [9.17, 15) is 0 Å². The average Bonchev–Trinajstić information content (AvgIpc) is 3.03. The lowest BCUT2D eigenvalue weighted by molar-refractivity contribution is 0.304. The molecule has 0 aliphatic carbocycles. The van der Waals surface area contributed by atoms with E-state index in [1.165, 1.54) is 32.1 Å². The van der Waals surface area contributed by atoms with Crippen LogP contribution in [0.3, 0.4) is 0 Å². The summed E-state index contributed by atoms with van der Waals surface area (Å²) in [5, 5.41) is 0. The number of nitrogens with zero attached hydrogens (tertiary/aromatic N) is 3. The van der Waals surface area contributed by atoms with Gasteiger partial charge in [0.2, 0.25) is 5.95 Å². The van der Waals surface area contributed by atoms with E-state index in [-0.39, 0.29) is 0 Å². The summed E-state index contributed by atoms with van der Waals surface area (Å²) in [4.78, 5) is 9.10. The lowest BCUT2D eigenvalue weighted by Crippen LogP contribution is -1.97. The highest BCUT2D eigenvalue weighted by atomic mass is 16.5. The minimum Gasteiger partial charge on any atom is -0.494 e. The number of benzene rings is 2. The molecule has 0 aliphatic rings. The van der Waals surface area contributed by atoms with E-state index in [1.807, 2.05) is 60.3 Å². The van der Waals surface area contributed by atoms with Crippen molar-refractivity contribution in [2.24, 2.45) is 12.0 Å². The average molecular weight is 364 g/mol. The third-order valence-corrected chi connectivity index (χ3v) is 4.74. The van der Waals surface area contributed by atoms with Crippen LogP contribution in [0.25, 0.3) is 11.0 Å². The summed E-state index contributed by atoms with van der Waals surface area (Å²) in [6.07, 6.45) is 9.52. The third kappa shape index (κ3) is 5.43. The second-order valence-electron chi connectivity index (χ2n) is 6.90. The first-order valence-corrected chi connectivity index (χ1v) is 9.96. The number of para-hydroxylation sites is 2. The molecule has 1 heterocycles. The molecule has 3 aromatic rings. The first kappa shape index (κ1) is 19.2. The van der Waals surface area contributed by atoms with Crippen LogP contribution in [0.4, 0.5) is 5.95 Å². The molecule has 0 atom stereocenters. The molecule has 3 rings (SSSR count). The summed E-state index contributed by atoms with van der Waals surface area (Å²) in [5.41, 5.74) is 3.09. The highest BCUT2D eigenvalue weighted by molar-refractivity contribution is 5.83. The summed E-state index contributed by atoms with van der Waals surface area (Å²) < 4.78 is 7.83. The highest BCUT2D eigenvalue weighted by Gasteiger charge is 2.04. The maximum Gasteiger partial charge on any atom is 0.230 e. The third-order valence-electron chi connectivity index (χ3n) is 4.74. The number of hydrogen-bond donors (Lipinski definition) is 0. The standard InChI is InChI=1S/C23H29N3O/c1-3-4-5-6-7-10-17-27-20-15-13-19(14-16-20)18-24-23-25-21-11-8-9-12-22(21)26(23)2/h8-9,11-16,18H,3-7,10,17H2,1-2H3/b24-18-. The van der Waals surface area contributed by atoms with Gasteiger partial charge in [0.05, 0.1) is 17.6 Å². The normalized spacial score (nSPS) is 11.5. The molecule has 0 bridgehead atoms. The van der Waals surface area contributed by atoms with Gasteiger partial charge in [0.25, 0.3) is 0 Å². The molecule has 4 heteroatoms. The lowest BCUT2D eigenvalue weighted by atomic mass is 10.1. The minimum absolute atomic E-state index is 0.708. The first-order chi connectivity index (χ1) is 13.3. The number of aromatic nitrogens is 2. The fraction of sp³-hybridized carbons (Fsp3) is 0.391.